The Balaban J connectivity index is 2.52. The number of hydrogen-bond donors (Lipinski definition) is 0. The molecule has 0 N–H and O–H groups in total. The zero-order valence-corrected chi connectivity index (χ0v) is 8.60. The fourth-order valence-electron chi connectivity index (χ4n) is 1.10. The summed E-state index contributed by atoms with van der Waals surface area (Å²) >= 11 is 5.93. The Morgan fingerprint density at radius 3 is 3.13 bits per heavy atom. The van der Waals surface area contributed by atoms with Crippen LogP contribution in [-0.4, -0.2) is 32.2 Å². The van der Waals surface area contributed by atoms with Gasteiger partial charge in [-0.2, -0.15) is 14.6 Å². The summed E-state index contributed by atoms with van der Waals surface area (Å²) in [6.45, 7) is 2.00. The number of carbonyl (C=O) groups is 1. The lowest BCUT2D eigenvalue weighted by Gasteiger charge is -2.03. The first-order valence-corrected chi connectivity index (χ1v) is 4.63. The molecular formula is C8H7ClN4O2. The predicted molar refractivity (Wildman–Crippen MR) is 51.7 cm³/mol. The minimum Gasteiger partial charge on any atom is -0.462 e. The van der Waals surface area contributed by atoms with Crippen molar-refractivity contribution in [2.75, 3.05) is 6.61 Å². The van der Waals surface area contributed by atoms with Crippen molar-refractivity contribution in [1.82, 2.24) is 19.6 Å². The first kappa shape index (κ1) is 9.85. The number of halogens is 1. The summed E-state index contributed by atoms with van der Waals surface area (Å²) in [4.78, 5) is 19.2. The van der Waals surface area contributed by atoms with Crippen molar-refractivity contribution in [1.29, 1.82) is 0 Å². The van der Waals surface area contributed by atoms with E-state index in [0.29, 0.717) is 5.78 Å². The van der Waals surface area contributed by atoms with Gasteiger partial charge in [-0.25, -0.2) is 9.78 Å². The van der Waals surface area contributed by atoms with Crippen LogP contribution in [0.3, 0.4) is 0 Å². The van der Waals surface area contributed by atoms with E-state index in [0.717, 1.165) is 0 Å². The fourth-order valence-corrected chi connectivity index (χ4v) is 1.34. The maximum absolute atomic E-state index is 11.4. The van der Waals surface area contributed by atoms with E-state index >= 15 is 0 Å². The highest BCUT2D eigenvalue weighted by atomic mass is 35.5. The molecule has 0 fully saturated rings. The summed E-state index contributed by atoms with van der Waals surface area (Å²) in [7, 11) is 0. The predicted octanol–water partition coefficient (Wildman–Crippen LogP) is 0.954. The van der Waals surface area contributed by atoms with Crippen LogP contribution in [0.2, 0.25) is 5.15 Å². The second-order valence-electron chi connectivity index (χ2n) is 2.65. The van der Waals surface area contributed by atoms with Crippen molar-refractivity contribution in [3.05, 3.63) is 23.2 Å². The highest BCUT2D eigenvalue weighted by Crippen LogP contribution is 2.15. The molecule has 15 heavy (non-hydrogen) atoms. The van der Waals surface area contributed by atoms with Gasteiger partial charge in [-0.05, 0) is 6.92 Å². The maximum atomic E-state index is 11.4. The van der Waals surface area contributed by atoms with Gasteiger partial charge in [0.1, 0.15) is 11.9 Å². The second-order valence-corrected chi connectivity index (χ2v) is 3.01. The van der Waals surface area contributed by atoms with Gasteiger partial charge < -0.3 is 4.74 Å². The number of ether oxygens (including phenoxy) is 1. The molecule has 78 valence electrons. The van der Waals surface area contributed by atoms with Crippen molar-refractivity contribution < 1.29 is 9.53 Å². The molecule has 0 spiro atoms. The molecule has 0 atom stereocenters. The molecule has 7 heteroatoms. The summed E-state index contributed by atoms with van der Waals surface area (Å²) in [5.74, 6) is -0.180. The normalized spacial score (nSPS) is 10.5. The molecule has 6 nitrogen and oxygen atoms in total. The first-order valence-electron chi connectivity index (χ1n) is 4.25. The third-order valence-electron chi connectivity index (χ3n) is 1.74. The van der Waals surface area contributed by atoms with Gasteiger partial charge in [-0.3, -0.25) is 0 Å². The fraction of sp³-hybridized carbons (Fsp3) is 0.250. The lowest BCUT2D eigenvalue weighted by Crippen LogP contribution is -2.09. The number of esters is 1. The van der Waals surface area contributed by atoms with Gasteiger partial charge in [-0.1, -0.05) is 11.6 Å². The van der Waals surface area contributed by atoms with E-state index in [1.165, 1.54) is 17.0 Å². The van der Waals surface area contributed by atoms with Gasteiger partial charge in [0.15, 0.2) is 5.15 Å². The second kappa shape index (κ2) is 3.82. The average Bonchev–Trinajstić information content (AvgIpc) is 2.67. The zero-order valence-electron chi connectivity index (χ0n) is 7.85. The lowest BCUT2D eigenvalue weighted by atomic mass is 10.3. The monoisotopic (exact) mass is 226 g/mol. The summed E-state index contributed by atoms with van der Waals surface area (Å²) < 4.78 is 6.08. The smallest absolute Gasteiger partial charge is 0.342 e. The molecular weight excluding hydrogens is 220 g/mol. The highest BCUT2D eigenvalue weighted by molar-refractivity contribution is 6.32. The van der Waals surface area contributed by atoms with Crippen molar-refractivity contribution in [3.63, 3.8) is 0 Å². The average molecular weight is 227 g/mol. The van der Waals surface area contributed by atoms with Gasteiger partial charge in [0.25, 0.3) is 5.78 Å². The molecule has 0 radical (unpaired) electrons. The summed E-state index contributed by atoms with van der Waals surface area (Å²) in [5, 5.41) is 3.97. The highest BCUT2D eigenvalue weighted by Gasteiger charge is 2.15. The summed E-state index contributed by atoms with van der Waals surface area (Å²) in [5.41, 5.74) is 0.177. The van der Waals surface area contributed by atoms with Crippen molar-refractivity contribution >= 4 is 23.3 Å². The van der Waals surface area contributed by atoms with Crippen LogP contribution in [0, 0.1) is 0 Å². The summed E-state index contributed by atoms with van der Waals surface area (Å²) in [6, 6.07) is 0. The van der Waals surface area contributed by atoms with Gasteiger partial charge in [0.05, 0.1) is 6.61 Å². The van der Waals surface area contributed by atoms with E-state index in [9.17, 15) is 4.79 Å². The third-order valence-corrected chi connectivity index (χ3v) is 2.11. The van der Waals surface area contributed by atoms with Crippen LogP contribution in [0.5, 0.6) is 0 Å². The molecule has 0 aromatic carbocycles. The maximum Gasteiger partial charge on any atom is 0.342 e. The topological polar surface area (TPSA) is 69.4 Å². The molecule has 0 bridgehead atoms. The Bertz CT molecular complexity index is 510. The van der Waals surface area contributed by atoms with E-state index in [1.807, 2.05) is 0 Å². The number of hydrogen-bond acceptors (Lipinski definition) is 5. The first-order chi connectivity index (χ1) is 7.24. The molecule has 2 heterocycles. The van der Waals surface area contributed by atoms with E-state index in [2.05, 4.69) is 15.1 Å². The number of fused-ring (bicyclic) bond motifs is 1. The van der Waals surface area contributed by atoms with Crippen LogP contribution in [0.25, 0.3) is 5.78 Å². The largest absolute Gasteiger partial charge is 0.462 e. The van der Waals surface area contributed by atoms with Gasteiger partial charge >= 0.3 is 5.97 Å². The number of nitrogens with zero attached hydrogens (tertiary/aromatic N) is 4. The SMILES string of the molecule is CCOC(=O)c1cnc2ncnn2c1Cl. The van der Waals surface area contributed by atoms with Crippen molar-refractivity contribution in [2.24, 2.45) is 0 Å². The Hall–Kier alpha value is -1.69. The van der Waals surface area contributed by atoms with E-state index in [-0.39, 0.29) is 17.3 Å². The molecule has 2 aromatic rings. The number of rotatable bonds is 2. The molecule has 0 aliphatic carbocycles. The Morgan fingerprint density at radius 2 is 2.40 bits per heavy atom. The molecule has 0 aliphatic rings. The van der Waals surface area contributed by atoms with Crippen LogP contribution in [0.15, 0.2) is 12.5 Å². The molecule has 0 saturated carbocycles. The lowest BCUT2D eigenvalue weighted by molar-refractivity contribution is 0.0525. The van der Waals surface area contributed by atoms with Gasteiger partial charge in [-0.15, -0.1) is 0 Å². The summed E-state index contributed by atoms with van der Waals surface area (Å²) in [6.07, 6.45) is 2.63. The Labute approximate surface area is 89.9 Å². The van der Waals surface area contributed by atoms with Crippen molar-refractivity contribution in [2.45, 2.75) is 6.92 Å². The molecule has 2 aromatic heterocycles. The van der Waals surface area contributed by atoms with Crippen LogP contribution >= 0.6 is 11.6 Å². The van der Waals surface area contributed by atoms with Crippen LogP contribution in [0.1, 0.15) is 17.3 Å². The molecule has 0 saturated heterocycles. The van der Waals surface area contributed by atoms with Crippen LogP contribution in [0.4, 0.5) is 0 Å². The quantitative estimate of drug-likeness (QED) is 0.563. The minimum atomic E-state index is -0.521. The van der Waals surface area contributed by atoms with E-state index in [4.69, 9.17) is 16.3 Å². The Morgan fingerprint density at radius 1 is 1.60 bits per heavy atom. The molecule has 0 aliphatic heterocycles. The van der Waals surface area contributed by atoms with Crippen molar-refractivity contribution in [3.8, 4) is 0 Å². The van der Waals surface area contributed by atoms with Crippen LogP contribution < -0.4 is 0 Å². The number of aromatic nitrogens is 4. The van der Waals surface area contributed by atoms with E-state index < -0.39 is 5.97 Å². The van der Waals surface area contributed by atoms with Crippen LogP contribution in [-0.2, 0) is 4.74 Å². The molecule has 2 rings (SSSR count). The third kappa shape index (κ3) is 1.63. The molecule has 0 unspecified atom stereocenters. The Kier molecular flexibility index (Phi) is 2.51. The number of carbonyl (C=O) groups excluding carboxylic acids is 1. The molecule has 0 amide bonds. The zero-order chi connectivity index (χ0) is 10.8. The minimum absolute atomic E-state index is 0.149. The van der Waals surface area contributed by atoms with Gasteiger partial charge in [0.2, 0.25) is 0 Å². The van der Waals surface area contributed by atoms with E-state index in [1.54, 1.807) is 6.92 Å². The van der Waals surface area contributed by atoms with Gasteiger partial charge in [0, 0.05) is 6.20 Å². The standard InChI is InChI=1S/C8H7ClN4O2/c1-2-15-7(14)5-3-10-8-11-4-12-13(8)6(5)9/h3-4H,2H2,1H3.